The van der Waals surface area contributed by atoms with Crippen LogP contribution >= 0.6 is 0 Å². The van der Waals surface area contributed by atoms with Gasteiger partial charge in [-0.3, -0.25) is 4.79 Å². The molecule has 7 heteroatoms. The standard InChI is InChI=1S/C21H20O7/c1-12-8-14(27-18(22)11-24-2)10-16-19(12)20(23)17(28-16)9-13-6-5-7-15(25-3)21(13)26-4/h5-10H,11H2,1-4H3/b17-9-. The average molecular weight is 384 g/mol. The molecule has 3 rings (SSSR count). The van der Waals surface area contributed by atoms with E-state index < -0.39 is 5.97 Å². The fourth-order valence-electron chi connectivity index (χ4n) is 2.98. The normalized spacial score (nSPS) is 13.9. The summed E-state index contributed by atoms with van der Waals surface area (Å²) in [5.74, 6) is 1.00. The number of methoxy groups -OCH3 is 3. The quantitative estimate of drug-likeness (QED) is 0.430. The van der Waals surface area contributed by atoms with Crippen LogP contribution in [0.2, 0.25) is 0 Å². The van der Waals surface area contributed by atoms with Crippen LogP contribution in [0.25, 0.3) is 6.08 Å². The zero-order valence-electron chi connectivity index (χ0n) is 16.0. The number of carbonyl (C=O) groups excluding carboxylic acids is 2. The van der Waals surface area contributed by atoms with E-state index in [9.17, 15) is 9.59 Å². The van der Waals surface area contributed by atoms with Gasteiger partial charge in [0.15, 0.2) is 17.3 Å². The molecule has 1 heterocycles. The number of rotatable bonds is 6. The van der Waals surface area contributed by atoms with Crippen LogP contribution in [0.1, 0.15) is 21.5 Å². The third-order valence-electron chi connectivity index (χ3n) is 4.16. The maximum atomic E-state index is 12.8. The number of ketones is 1. The van der Waals surface area contributed by atoms with Crippen LogP contribution in [0.3, 0.4) is 0 Å². The second-order valence-electron chi connectivity index (χ2n) is 6.04. The number of para-hydroxylation sites is 1. The minimum Gasteiger partial charge on any atom is -0.493 e. The van der Waals surface area contributed by atoms with Crippen LogP contribution < -0.4 is 18.9 Å². The van der Waals surface area contributed by atoms with Gasteiger partial charge in [0, 0.05) is 18.7 Å². The highest BCUT2D eigenvalue weighted by Crippen LogP contribution is 2.39. The molecule has 0 aliphatic carbocycles. The van der Waals surface area contributed by atoms with E-state index in [4.69, 9.17) is 23.7 Å². The van der Waals surface area contributed by atoms with Crippen molar-refractivity contribution in [2.24, 2.45) is 0 Å². The Balaban J connectivity index is 1.95. The van der Waals surface area contributed by atoms with Gasteiger partial charge < -0.3 is 23.7 Å². The summed E-state index contributed by atoms with van der Waals surface area (Å²) >= 11 is 0. The minimum atomic E-state index is -0.539. The van der Waals surface area contributed by atoms with Crippen molar-refractivity contribution in [1.29, 1.82) is 0 Å². The summed E-state index contributed by atoms with van der Waals surface area (Å²) < 4.78 is 26.4. The number of carbonyl (C=O) groups is 2. The number of benzene rings is 2. The molecule has 0 bridgehead atoms. The first kappa shape index (κ1) is 19.4. The van der Waals surface area contributed by atoms with Crippen molar-refractivity contribution in [2.45, 2.75) is 6.92 Å². The van der Waals surface area contributed by atoms with Crippen LogP contribution in [0.5, 0.6) is 23.0 Å². The second-order valence-corrected chi connectivity index (χ2v) is 6.04. The van der Waals surface area contributed by atoms with E-state index in [0.29, 0.717) is 33.9 Å². The summed E-state index contributed by atoms with van der Waals surface area (Å²) in [4.78, 5) is 24.5. The van der Waals surface area contributed by atoms with Crippen LogP contribution in [-0.2, 0) is 9.53 Å². The topological polar surface area (TPSA) is 80.3 Å². The zero-order valence-corrected chi connectivity index (χ0v) is 16.0. The summed E-state index contributed by atoms with van der Waals surface area (Å²) in [6.45, 7) is 1.58. The predicted molar refractivity (Wildman–Crippen MR) is 101 cm³/mol. The highest BCUT2D eigenvalue weighted by molar-refractivity contribution is 6.15. The molecule has 0 radical (unpaired) electrons. The Kier molecular flexibility index (Phi) is 5.65. The van der Waals surface area contributed by atoms with Crippen molar-refractivity contribution in [3.05, 3.63) is 52.8 Å². The maximum absolute atomic E-state index is 12.8. The lowest BCUT2D eigenvalue weighted by Crippen LogP contribution is -2.14. The zero-order chi connectivity index (χ0) is 20.3. The highest BCUT2D eigenvalue weighted by atomic mass is 16.6. The molecule has 1 aliphatic heterocycles. The van der Waals surface area contributed by atoms with Crippen LogP contribution in [-0.4, -0.2) is 39.7 Å². The van der Waals surface area contributed by atoms with Crippen LogP contribution in [0.4, 0.5) is 0 Å². The molecular formula is C21H20O7. The van der Waals surface area contributed by atoms with Crippen molar-refractivity contribution in [1.82, 2.24) is 0 Å². The van der Waals surface area contributed by atoms with Crippen molar-refractivity contribution in [2.75, 3.05) is 27.9 Å². The lowest BCUT2D eigenvalue weighted by Gasteiger charge is -2.10. The number of ether oxygens (including phenoxy) is 5. The van der Waals surface area contributed by atoms with E-state index in [2.05, 4.69) is 0 Å². The summed E-state index contributed by atoms with van der Waals surface area (Å²) in [6.07, 6.45) is 1.60. The Labute approximate surface area is 162 Å². The van der Waals surface area contributed by atoms with E-state index in [1.807, 2.05) is 0 Å². The molecule has 0 saturated heterocycles. The van der Waals surface area contributed by atoms with Gasteiger partial charge in [-0.2, -0.15) is 0 Å². The van der Waals surface area contributed by atoms with E-state index >= 15 is 0 Å². The molecule has 7 nitrogen and oxygen atoms in total. The summed E-state index contributed by atoms with van der Waals surface area (Å²) in [6, 6.07) is 8.47. The van der Waals surface area contributed by atoms with Crippen molar-refractivity contribution < 1.29 is 33.3 Å². The minimum absolute atomic E-state index is 0.144. The third-order valence-corrected chi connectivity index (χ3v) is 4.16. The maximum Gasteiger partial charge on any atom is 0.337 e. The highest BCUT2D eigenvalue weighted by Gasteiger charge is 2.30. The van der Waals surface area contributed by atoms with Gasteiger partial charge >= 0.3 is 5.97 Å². The Morgan fingerprint density at radius 2 is 1.93 bits per heavy atom. The van der Waals surface area contributed by atoms with Gasteiger partial charge in [0.25, 0.3) is 0 Å². The number of hydrogen-bond acceptors (Lipinski definition) is 7. The molecule has 2 aromatic carbocycles. The lowest BCUT2D eigenvalue weighted by atomic mass is 10.0. The van der Waals surface area contributed by atoms with Crippen molar-refractivity contribution >= 4 is 17.8 Å². The second kappa shape index (κ2) is 8.14. The molecule has 1 aliphatic rings. The van der Waals surface area contributed by atoms with E-state index in [-0.39, 0.29) is 23.9 Å². The SMILES string of the molecule is COCC(=O)Oc1cc(C)c2c(c1)O/C(=C\c1cccc(OC)c1OC)C2=O. The number of fused-ring (bicyclic) bond motifs is 1. The molecule has 28 heavy (non-hydrogen) atoms. The van der Waals surface area contributed by atoms with Gasteiger partial charge in [-0.15, -0.1) is 0 Å². The van der Waals surface area contributed by atoms with Gasteiger partial charge in [0.1, 0.15) is 18.1 Å². The monoisotopic (exact) mass is 384 g/mol. The molecule has 0 N–H and O–H groups in total. The number of allylic oxidation sites excluding steroid dienone is 1. The molecule has 0 fully saturated rings. The summed E-state index contributed by atoms with van der Waals surface area (Å²) in [5, 5.41) is 0. The molecular weight excluding hydrogens is 364 g/mol. The number of esters is 1. The van der Waals surface area contributed by atoms with E-state index in [1.165, 1.54) is 27.4 Å². The molecule has 0 unspecified atom stereocenters. The first-order valence-electron chi connectivity index (χ1n) is 8.48. The first-order chi connectivity index (χ1) is 13.5. The fourth-order valence-corrected chi connectivity index (χ4v) is 2.98. The van der Waals surface area contributed by atoms with Crippen molar-refractivity contribution in [3.63, 3.8) is 0 Å². The van der Waals surface area contributed by atoms with Crippen LogP contribution in [0, 0.1) is 6.92 Å². The number of aryl methyl sites for hydroxylation is 1. The van der Waals surface area contributed by atoms with Gasteiger partial charge in [0.2, 0.25) is 5.78 Å². The van der Waals surface area contributed by atoms with Gasteiger partial charge in [-0.1, -0.05) is 12.1 Å². The average Bonchev–Trinajstić information content (AvgIpc) is 2.97. The van der Waals surface area contributed by atoms with E-state index in [0.717, 1.165) is 0 Å². The molecule has 0 spiro atoms. The Bertz CT molecular complexity index is 959. The molecule has 146 valence electrons. The predicted octanol–water partition coefficient (Wildman–Crippen LogP) is 3.18. The van der Waals surface area contributed by atoms with E-state index in [1.54, 1.807) is 37.3 Å². The smallest absolute Gasteiger partial charge is 0.337 e. The summed E-state index contributed by atoms with van der Waals surface area (Å²) in [5.41, 5.74) is 1.71. The largest absolute Gasteiger partial charge is 0.493 e. The Morgan fingerprint density at radius 1 is 1.14 bits per heavy atom. The fraction of sp³-hybridized carbons (Fsp3) is 0.238. The first-order valence-corrected chi connectivity index (χ1v) is 8.48. The Morgan fingerprint density at radius 3 is 2.61 bits per heavy atom. The lowest BCUT2D eigenvalue weighted by molar-refractivity contribution is -0.138. The Hall–Kier alpha value is -3.32. The number of Topliss-reactive ketones (excluding diaryl/α,β-unsaturated/α-hetero) is 1. The van der Waals surface area contributed by atoms with Gasteiger partial charge in [-0.25, -0.2) is 4.79 Å². The molecule has 0 aromatic heterocycles. The number of hydrogen-bond donors (Lipinski definition) is 0. The van der Waals surface area contributed by atoms with Crippen molar-refractivity contribution in [3.8, 4) is 23.0 Å². The van der Waals surface area contributed by atoms with Gasteiger partial charge in [-0.05, 0) is 30.7 Å². The molecule has 0 amide bonds. The molecule has 0 atom stereocenters. The van der Waals surface area contributed by atoms with Crippen LogP contribution in [0.15, 0.2) is 36.1 Å². The molecule has 0 saturated carbocycles. The summed E-state index contributed by atoms with van der Waals surface area (Å²) in [7, 11) is 4.47. The molecule has 2 aromatic rings. The van der Waals surface area contributed by atoms with Gasteiger partial charge in [0.05, 0.1) is 19.8 Å². The third kappa shape index (κ3) is 3.70.